The number of nitrogens with zero attached hydrogens (tertiary/aromatic N) is 13. The molecule has 104 heavy (non-hydrogen) atoms. The van der Waals surface area contributed by atoms with Gasteiger partial charge >= 0.3 is 0 Å². The van der Waals surface area contributed by atoms with Crippen LogP contribution < -0.4 is 50.3 Å². The van der Waals surface area contributed by atoms with Gasteiger partial charge in [0, 0.05) is 81.6 Å². The van der Waals surface area contributed by atoms with Gasteiger partial charge in [-0.2, -0.15) is 41.8 Å². The molecule has 2 aliphatic rings. The second-order valence-corrected chi connectivity index (χ2v) is 28.6. The molecule has 0 unspecified atom stereocenters. The third kappa shape index (κ3) is 19.6. The maximum absolute atomic E-state index is 13.9. The number of anilines is 10. The molecule has 2 amide bonds. The molecule has 5 aromatic carbocycles. The van der Waals surface area contributed by atoms with E-state index in [0.717, 1.165) is 52.5 Å². The number of carbonyl (C=O) groups is 4. The minimum absolute atomic E-state index is 0.0151. The lowest BCUT2D eigenvalue weighted by Crippen LogP contribution is -2.36. The lowest BCUT2D eigenvalue weighted by molar-refractivity contribution is -0.120. The quantitative estimate of drug-likeness (QED) is 0.00587. The van der Waals surface area contributed by atoms with Gasteiger partial charge in [0.15, 0.2) is 16.7 Å². The summed E-state index contributed by atoms with van der Waals surface area (Å²) in [6.07, 6.45) is 2.79. The average Bonchev–Trinajstić information content (AvgIpc) is 1.61. The zero-order valence-electron chi connectivity index (χ0n) is 57.8. The van der Waals surface area contributed by atoms with E-state index < -0.39 is 53.4 Å². The molecule has 546 valence electrons. The van der Waals surface area contributed by atoms with Gasteiger partial charge in [-0.1, -0.05) is 76.9 Å². The van der Waals surface area contributed by atoms with Crippen molar-refractivity contribution < 1.29 is 64.1 Å². The van der Waals surface area contributed by atoms with E-state index in [1.165, 1.54) is 62.0 Å². The molecule has 3 aromatic heterocycles. The van der Waals surface area contributed by atoms with Crippen LogP contribution in [0.4, 0.5) is 79.3 Å². The van der Waals surface area contributed by atoms with Crippen LogP contribution in [0.3, 0.4) is 0 Å². The third-order valence-electron chi connectivity index (χ3n) is 16.1. The van der Waals surface area contributed by atoms with Crippen molar-refractivity contribution >= 4 is 169 Å². The number of morpholine rings is 2. The molecule has 5 heterocycles. The van der Waals surface area contributed by atoms with Gasteiger partial charge in [-0.05, 0) is 108 Å². The number of azo groups is 2. The van der Waals surface area contributed by atoms with E-state index in [2.05, 4.69) is 41.3 Å². The third-order valence-corrected chi connectivity index (χ3v) is 20.4. The lowest BCUT2D eigenvalue weighted by atomic mass is 10.1. The van der Waals surface area contributed by atoms with E-state index in [-0.39, 0.29) is 56.1 Å². The first-order valence-electron chi connectivity index (χ1n) is 32.6. The molecule has 2 aliphatic heterocycles. The second-order valence-electron chi connectivity index (χ2n) is 22.8. The van der Waals surface area contributed by atoms with Gasteiger partial charge in [0.25, 0.3) is 32.1 Å². The highest BCUT2D eigenvalue weighted by molar-refractivity contribution is 7.98. The Hall–Kier alpha value is -10.2. The van der Waals surface area contributed by atoms with E-state index in [1.807, 2.05) is 80.0 Å². The zero-order valence-corrected chi connectivity index (χ0v) is 61.9. The monoisotopic (exact) mass is 1510 g/mol. The standard InChI is InChI=1S/C68H75N17O14S5/c1-9-82(10-2)54-36-50(52(38-56(54)96-7)78-80-67-73-60(84-24-28-98-29-25-84)58(101-67)34-48(41(5)86)62(88)69-44-20-16-22-46(32-44)103(90,91)92)71-64-75-65(77-66(76-64)100-40-43-18-14-13-15-19-43)72-51-37-55(83(11-3)12-4)57(97-8)39-53(51)79-81-68-74-61(85-26-30-99-31-27-85)59(102-68)35-49(42(6)87)63(89)70-45-21-17-23-47(33-45)104(93,94)95/h13-23,32-39H,9-12,24-31,40H2,1-8H3,(H,69,88)(H,70,89)(H,90,91,92)(H,93,94,95)(H2,71,72,75,76,77)/b48-34-,49-35+,80-78+,81-79+. The largest absolute Gasteiger partial charge is 0.494 e. The summed E-state index contributed by atoms with van der Waals surface area (Å²) in [5, 5.41) is 31.5. The summed E-state index contributed by atoms with van der Waals surface area (Å²) in [4.78, 5) is 86.9. The van der Waals surface area contributed by atoms with Crippen molar-refractivity contribution in [3.05, 3.63) is 130 Å². The van der Waals surface area contributed by atoms with E-state index in [4.69, 9.17) is 54.1 Å². The molecule has 8 aromatic rings. The number of thiazole rings is 2. The molecule has 0 aliphatic carbocycles. The van der Waals surface area contributed by atoms with Crippen LogP contribution in [-0.4, -0.2) is 167 Å². The van der Waals surface area contributed by atoms with Gasteiger partial charge < -0.3 is 59.8 Å². The number of hydrogen-bond acceptors (Lipinski definition) is 30. The fraction of sp³-hybridized carbons (Fsp3) is 0.309. The van der Waals surface area contributed by atoms with Gasteiger partial charge in [-0.3, -0.25) is 28.3 Å². The van der Waals surface area contributed by atoms with Crippen LogP contribution in [0.25, 0.3) is 12.2 Å². The van der Waals surface area contributed by atoms with Crippen molar-refractivity contribution in [2.24, 2.45) is 20.5 Å². The molecule has 6 N–H and O–H groups in total. The number of carbonyl (C=O) groups excluding carboxylic acids is 4. The van der Waals surface area contributed by atoms with Gasteiger partial charge in [-0.25, -0.2) is 0 Å². The van der Waals surface area contributed by atoms with Crippen molar-refractivity contribution in [2.75, 3.05) is 134 Å². The summed E-state index contributed by atoms with van der Waals surface area (Å²) in [5.74, 6) is -0.567. The summed E-state index contributed by atoms with van der Waals surface area (Å²) < 4.78 is 90.5. The number of methoxy groups -OCH3 is 2. The number of ether oxygens (including phenoxy) is 4. The van der Waals surface area contributed by atoms with Crippen molar-refractivity contribution in [2.45, 2.75) is 62.2 Å². The number of hydrogen-bond donors (Lipinski definition) is 6. The van der Waals surface area contributed by atoms with Crippen molar-refractivity contribution in [1.29, 1.82) is 0 Å². The predicted octanol–water partition coefficient (Wildman–Crippen LogP) is 12.5. The molecule has 0 atom stereocenters. The Morgan fingerprint density at radius 2 is 0.981 bits per heavy atom. The Balaban J connectivity index is 1.05. The first-order valence-corrected chi connectivity index (χ1v) is 38.1. The van der Waals surface area contributed by atoms with Crippen molar-refractivity contribution in [3.8, 4) is 11.5 Å². The highest BCUT2D eigenvalue weighted by Gasteiger charge is 2.28. The Bertz CT molecular complexity index is 4570. The first kappa shape index (κ1) is 76.5. The summed E-state index contributed by atoms with van der Waals surface area (Å²) in [6, 6.07) is 26.9. The number of rotatable bonds is 31. The Kier molecular flexibility index (Phi) is 25.6. The molecular weight excluding hydrogens is 1440 g/mol. The summed E-state index contributed by atoms with van der Waals surface area (Å²) in [7, 11) is -6.14. The number of ketones is 2. The predicted molar refractivity (Wildman–Crippen MR) is 401 cm³/mol. The number of Topliss-reactive ketones (excluding diaryl/α,β-unsaturated/α-hetero) is 2. The molecule has 0 radical (unpaired) electrons. The van der Waals surface area contributed by atoms with Crippen LogP contribution in [0, 0.1) is 0 Å². The average molecular weight is 1510 g/mol. The highest BCUT2D eigenvalue weighted by atomic mass is 32.2. The summed E-state index contributed by atoms with van der Waals surface area (Å²) in [6.45, 7) is 16.0. The van der Waals surface area contributed by atoms with Crippen LogP contribution in [0.5, 0.6) is 11.5 Å². The maximum Gasteiger partial charge on any atom is 0.294 e. The normalized spacial score (nSPS) is 13.8. The van der Waals surface area contributed by atoms with Gasteiger partial charge in [0.1, 0.15) is 34.5 Å². The Labute approximate surface area is 612 Å². The van der Waals surface area contributed by atoms with Crippen LogP contribution >= 0.6 is 34.4 Å². The van der Waals surface area contributed by atoms with E-state index in [1.54, 1.807) is 26.4 Å². The number of amides is 2. The molecule has 0 spiro atoms. The Morgan fingerprint density at radius 3 is 1.36 bits per heavy atom. The molecule has 2 fully saturated rings. The van der Waals surface area contributed by atoms with Crippen LogP contribution in [0.15, 0.2) is 150 Å². The smallest absolute Gasteiger partial charge is 0.294 e. The van der Waals surface area contributed by atoms with Gasteiger partial charge in [-0.15, -0.1) is 20.5 Å². The van der Waals surface area contributed by atoms with Gasteiger partial charge in [0.2, 0.25) is 22.2 Å². The van der Waals surface area contributed by atoms with E-state index in [0.29, 0.717) is 145 Å². The molecule has 31 nitrogen and oxygen atoms in total. The number of thioether (sulfide) groups is 1. The van der Waals surface area contributed by atoms with Crippen LogP contribution in [-0.2, 0) is 54.6 Å². The maximum atomic E-state index is 13.9. The molecule has 0 saturated carbocycles. The van der Waals surface area contributed by atoms with Crippen molar-refractivity contribution in [3.63, 3.8) is 0 Å². The molecular formula is C68H75N17O14S5. The van der Waals surface area contributed by atoms with Crippen LogP contribution in [0.2, 0.25) is 0 Å². The number of nitrogens with one attached hydrogen (secondary N) is 4. The SMILES string of the molecule is CCN(CC)c1cc(Nc2nc(Nc3cc(N(CC)CC)c(OC)cc3/N=N/c3nc(N4CCOCC4)c(/C=C(\C(C)=O)C(=O)Nc4cccc(S(=O)(=O)O)c4)s3)nc(SCc3ccccc3)n2)c(/N=N/c2nc(N3CCOCC3)c(/C=C(/C(C)=O)C(=O)Nc3cccc(S(=O)(=O)O)c3)s2)cc1OC. The molecule has 10 rings (SSSR count). The minimum atomic E-state index is -4.61. The van der Waals surface area contributed by atoms with E-state index >= 15 is 0 Å². The fourth-order valence-corrected chi connectivity index (χ4v) is 14.4. The molecule has 0 bridgehead atoms. The topological polar surface area (TPSA) is 389 Å². The number of benzene rings is 5. The van der Waals surface area contributed by atoms with Crippen LogP contribution in [0.1, 0.15) is 56.9 Å². The van der Waals surface area contributed by atoms with Crippen molar-refractivity contribution in [1.82, 2.24) is 24.9 Å². The summed E-state index contributed by atoms with van der Waals surface area (Å²) in [5.41, 5.74) is 3.13. The van der Waals surface area contributed by atoms with E-state index in [9.17, 15) is 45.1 Å². The lowest BCUT2D eigenvalue weighted by Gasteiger charge is -2.27. The first-order chi connectivity index (χ1) is 49.9. The molecule has 36 heteroatoms. The second kappa shape index (κ2) is 34.9. The highest BCUT2D eigenvalue weighted by Crippen LogP contribution is 2.45. The number of aromatic nitrogens is 5. The van der Waals surface area contributed by atoms with Gasteiger partial charge in [0.05, 0.1) is 94.1 Å². The Morgan fingerprint density at radius 1 is 0.567 bits per heavy atom. The minimum Gasteiger partial charge on any atom is -0.494 e. The molecule has 2 saturated heterocycles. The fourth-order valence-electron chi connectivity index (χ4n) is 10.8. The summed E-state index contributed by atoms with van der Waals surface area (Å²) >= 11 is 3.47. The zero-order chi connectivity index (χ0) is 74.2.